The van der Waals surface area contributed by atoms with Crippen LogP contribution in [0.3, 0.4) is 0 Å². The second-order valence-electron chi connectivity index (χ2n) is 19.8. The minimum atomic E-state index is -0.762. The molecule has 6 heteroatoms. The zero-order chi connectivity index (χ0) is 44.7. The minimum Gasteiger partial charge on any atom is -0.462 e. The lowest BCUT2D eigenvalue weighted by atomic mass is 10.0. The molecule has 0 aliphatic heterocycles. The maximum atomic E-state index is 12.8. The number of hydrogen-bond donors (Lipinski definition) is 0. The van der Waals surface area contributed by atoms with Crippen molar-refractivity contribution in [3.05, 3.63) is 0 Å². The van der Waals surface area contributed by atoms with Crippen molar-refractivity contribution < 1.29 is 28.6 Å². The maximum Gasteiger partial charge on any atom is 0.306 e. The van der Waals surface area contributed by atoms with Gasteiger partial charge in [0.05, 0.1) is 0 Å². The van der Waals surface area contributed by atoms with E-state index < -0.39 is 6.10 Å². The van der Waals surface area contributed by atoms with Gasteiger partial charge < -0.3 is 14.2 Å². The third-order valence-corrected chi connectivity index (χ3v) is 12.5. The molecular weight excluding hydrogens is 757 g/mol. The van der Waals surface area contributed by atoms with Crippen molar-refractivity contribution in [2.24, 2.45) is 11.8 Å². The van der Waals surface area contributed by atoms with E-state index in [1.54, 1.807) is 0 Å². The molecule has 0 aromatic carbocycles. The molecule has 61 heavy (non-hydrogen) atoms. The van der Waals surface area contributed by atoms with Crippen molar-refractivity contribution >= 4 is 17.9 Å². The van der Waals surface area contributed by atoms with E-state index in [0.29, 0.717) is 19.3 Å². The highest BCUT2D eigenvalue weighted by molar-refractivity contribution is 5.71. The molecule has 0 amide bonds. The Hall–Kier alpha value is -1.59. The first kappa shape index (κ1) is 59.4. The maximum absolute atomic E-state index is 12.8. The Morgan fingerprint density at radius 3 is 0.803 bits per heavy atom. The van der Waals surface area contributed by atoms with Crippen molar-refractivity contribution in [1.82, 2.24) is 0 Å². The third-order valence-electron chi connectivity index (χ3n) is 12.5. The molecular formula is C55H106O6. The minimum absolute atomic E-state index is 0.0635. The molecule has 0 aliphatic rings. The molecule has 0 saturated heterocycles. The molecule has 6 nitrogen and oxygen atoms in total. The van der Waals surface area contributed by atoms with Crippen LogP contribution in [0.15, 0.2) is 0 Å². The third kappa shape index (κ3) is 49.3. The van der Waals surface area contributed by atoms with Gasteiger partial charge in [0.1, 0.15) is 13.2 Å². The van der Waals surface area contributed by atoms with Gasteiger partial charge in [-0.3, -0.25) is 14.4 Å². The number of rotatable bonds is 49. The predicted octanol–water partition coefficient (Wildman–Crippen LogP) is 17.7. The zero-order valence-electron chi connectivity index (χ0n) is 41.8. The summed E-state index contributed by atoms with van der Waals surface area (Å²) in [4.78, 5) is 38.0. The number of carbonyl (C=O) groups excluding carboxylic acids is 3. The number of ether oxygens (including phenoxy) is 3. The molecule has 0 N–H and O–H groups in total. The van der Waals surface area contributed by atoms with Gasteiger partial charge in [-0.1, -0.05) is 266 Å². The lowest BCUT2D eigenvalue weighted by Gasteiger charge is -2.18. The molecule has 1 atom stereocenters. The van der Waals surface area contributed by atoms with E-state index in [0.717, 1.165) is 69.6 Å². The topological polar surface area (TPSA) is 78.9 Å². The Morgan fingerprint density at radius 2 is 0.541 bits per heavy atom. The molecule has 0 saturated carbocycles. The summed E-state index contributed by atoms with van der Waals surface area (Å²) in [7, 11) is 0. The van der Waals surface area contributed by atoms with Gasteiger partial charge in [-0.15, -0.1) is 0 Å². The Labute approximate surface area is 380 Å². The molecule has 0 aliphatic carbocycles. The quantitative estimate of drug-likeness (QED) is 0.0344. The molecule has 0 heterocycles. The molecule has 0 rings (SSSR count). The van der Waals surface area contributed by atoms with Gasteiger partial charge in [-0.05, 0) is 31.1 Å². The Bertz CT molecular complexity index is 931. The fraction of sp³-hybridized carbons (Fsp3) is 0.945. The SMILES string of the molecule is CCCCCCCCCCCCCCCC(=O)OC[C@@H](COC(=O)CCCCCCCCCCC(C)C)OC(=O)CCCCCCCCCCCCCCCCCCC(C)C. The van der Waals surface area contributed by atoms with Gasteiger partial charge >= 0.3 is 17.9 Å². The summed E-state index contributed by atoms with van der Waals surface area (Å²) >= 11 is 0. The van der Waals surface area contributed by atoms with E-state index in [1.165, 1.54) is 193 Å². The first-order valence-corrected chi connectivity index (χ1v) is 27.2. The first-order chi connectivity index (χ1) is 29.7. The standard InChI is InChI=1S/C55H106O6/c1-6-7-8-9-10-11-12-17-21-24-30-35-40-45-53(56)59-48-52(49-60-54(57)46-41-36-31-27-26-29-34-39-44-51(4)5)61-55(58)47-42-37-32-25-22-19-16-14-13-15-18-20-23-28-33-38-43-50(2)3/h50-52H,6-49H2,1-5H3/t52-/m0/s1. The summed E-state index contributed by atoms with van der Waals surface area (Å²) in [5, 5.41) is 0. The van der Waals surface area contributed by atoms with E-state index in [1.807, 2.05) is 0 Å². The van der Waals surface area contributed by atoms with Crippen LogP contribution in [0, 0.1) is 11.8 Å². The summed E-state index contributed by atoms with van der Waals surface area (Å²) in [5.41, 5.74) is 0. The fourth-order valence-electron chi connectivity index (χ4n) is 8.34. The smallest absolute Gasteiger partial charge is 0.306 e. The monoisotopic (exact) mass is 863 g/mol. The Kier molecular flexibility index (Phi) is 46.6. The fourth-order valence-corrected chi connectivity index (χ4v) is 8.34. The molecule has 0 radical (unpaired) electrons. The highest BCUT2D eigenvalue weighted by Crippen LogP contribution is 2.18. The Balaban J connectivity index is 4.27. The second kappa shape index (κ2) is 47.9. The van der Waals surface area contributed by atoms with Crippen molar-refractivity contribution in [3.63, 3.8) is 0 Å². The lowest BCUT2D eigenvalue weighted by molar-refractivity contribution is -0.167. The van der Waals surface area contributed by atoms with Crippen LogP contribution in [-0.4, -0.2) is 37.2 Å². The average molecular weight is 863 g/mol. The normalized spacial score (nSPS) is 12.0. The van der Waals surface area contributed by atoms with Gasteiger partial charge in [-0.2, -0.15) is 0 Å². The van der Waals surface area contributed by atoms with Crippen LogP contribution in [0.2, 0.25) is 0 Å². The van der Waals surface area contributed by atoms with Crippen LogP contribution in [0.4, 0.5) is 0 Å². The summed E-state index contributed by atoms with van der Waals surface area (Å²) in [5.74, 6) is 0.802. The predicted molar refractivity (Wildman–Crippen MR) is 261 cm³/mol. The first-order valence-electron chi connectivity index (χ1n) is 27.2. The van der Waals surface area contributed by atoms with Crippen molar-refractivity contribution in [3.8, 4) is 0 Å². The van der Waals surface area contributed by atoms with Crippen LogP contribution in [0.25, 0.3) is 0 Å². The Morgan fingerprint density at radius 1 is 0.311 bits per heavy atom. The van der Waals surface area contributed by atoms with Crippen LogP contribution in [0.1, 0.15) is 304 Å². The van der Waals surface area contributed by atoms with Gasteiger partial charge in [-0.25, -0.2) is 0 Å². The van der Waals surface area contributed by atoms with Crippen molar-refractivity contribution in [1.29, 1.82) is 0 Å². The molecule has 0 spiro atoms. The van der Waals surface area contributed by atoms with Crippen LogP contribution >= 0.6 is 0 Å². The molecule has 0 aromatic heterocycles. The van der Waals surface area contributed by atoms with Gasteiger partial charge in [0.15, 0.2) is 6.10 Å². The lowest BCUT2D eigenvalue weighted by Crippen LogP contribution is -2.30. The summed E-state index contributed by atoms with van der Waals surface area (Å²) in [6, 6.07) is 0. The summed E-state index contributed by atoms with van der Waals surface area (Å²) < 4.78 is 16.8. The largest absolute Gasteiger partial charge is 0.462 e. The number of esters is 3. The molecule has 0 bridgehead atoms. The molecule has 0 aromatic rings. The van der Waals surface area contributed by atoms with E-state index in [-0.39, 0.29) is 31.1 Å². The number of carbonyl (C=O) groups is 3. The van der Waals surface area contributed by atoms with Crippen molar-refractivity contribution in [2.75, 3.05) is 13.2 Å². The van der Waals surface area contributed by atoms with Crippen molar-refractivity contribution in [2.45, 2.75) is 310 Å². The average Bonchev–Trinajstić information content (AvgIpc) is 3.23. The highest BCUT2D eigenvalue weighted by Gasteiger charge is 2.19. The zero-order valence-corrected chi connectivity index (χ0v) is 41.8. The summed E-state index contributed by atoms with van der Waals surface area (Å²) in [6.45, 7) is 11.4. The van der Waals surface area contributed by atoms with Gasteiger partial charge in [0.2, 0.25) is 0 Å². The van der Waals surface area contributed by atoms with E-state index >= 15 is 0 Å². The second-order valence-corrected chi connectivity index (χ2v) is 19.8. The van der Waals surface area contributed by atoms with E-state index in [4.69, 9.17) is 14.2 Å². The van der Waals surface area contributed by atoms with Gasteiger partial charge in [0.25, 0.3) is 0 Å². The van der Waals surface area contributed by atoms with E-state index in [2.05, 4.69) is 34.6 Å². The van der Waals surface area contributed by atoms with Gasteiger partial charge in [0, 0.05) is 19.3 Å². The number of unbranched alkanes of at least 4 members (excludes halogenated alkanes) is 34. The van der Waals surface area contributed by atoms with Crippen LogP contribution < -0.4 is 0 Å². The molecule has 362 valence electrons. The molecule has 0 unspecified atom stereocenters. The number of hydrogen-bond acceptors (Lipinski definition) is 6. The van der Waals surface area contributed by atoms with Crippen LogP contribution in [0.5, 0.6) is 0 Å². The highest BCUT2D eigenvalue weighted by atomic mass is 16.6. The summed E-state index contributed by atoms with van der Waals surface area (Å²) in [6.07, 6.45) is 49.5. The van der Waals surface area contributed by atoms with E-state index in [9.17, 15) is 14.4 Å². The molecule has 0 fully saturated rings. The van der Waals surface area contributed by atoms with Crippen LogP contribution in [-0.2, 0) is 28.6 Å².